The molecule has 0 heteroatoms. The van der Waals surface area contributed by atoms with Crippen LogP contribution in [0.1, 0.15) is 44.9 Å². The van der Waals surface area contributed by atoms with Crippen molar-refractivity contribution in [3.8, 4) is 12.3 Å². The first-order valence-corrected chi connectivity index (χ1v) is 7.43. The number of allylic oxidation sites excluding steroid dienone is 7. The van der Waals surface area contributed by atoms with Crippen molar-refractivity contribution in [1.82, 2.24) is 0 Å². The Morgan fingerprint density at radius 2 is 2.15 bits per heavy atom. The number of unbranched alkanes of at least 4 members (excludes halogenated alkanes) is 1. The van der Waals surface area contributed by atoms with E-state index in [1.54, 1.807) is 0 Å². The van der Waals surface area contributed by atoms with Crippen molar-refractivity contribution in [2.24, 2.45) is 5.92 Å². The van der Waals surface area contributed by atoms with Gasteiger partial charge in [-0.15, -0.1) is 25.5 Å². The monoisotopic (exact) mass is 268 g/mol. The maximum absolute atomic E-state index is 5.27. The Balaban J connectivity index is 0.00000172. The first kappa shape index (κ1) is 18.3. The molecule has 0 amide bonds. The predicted octanol–water partition coefficient (Wildman–Crippen LogP) is 6.01. The van der Waals surface area contributed by atoms with Crippen LogP contribution in [0.15, 0.2) is 61.8 Å². The van der Waals surface area contributed by atoms with Crippen LogP contribution >= 0.6 is 0 Å². The fraction of sp³-hybridized carbons (Fsp3) is 0.400. The molecule has 1 aliphatic rings. The minimum atomic E-state index is 0.835. The molecule has 0 saturated carbocycles. The summed E-state index contributed by atoms with van der Waals surface area (Å²) in [6, 6.07) is 0. The lowest BCUT2D eigenvalue weighted by atomic mass is 9.91. The largest absolute Gasteiger partial charge is 0.120 e. The first-order chi connectivity index (χ1) is 9.86. The maximum atomic E-state index is 5.27. The summed E-state index contributed by atoms with van der Waals surface area (Å²) in [6.45, 7) is 9.77. The summed E-state index contributed by atoms with van der Waals surface area (Å²) in [5.41, 5.74) is 1.34. The standard InChI is InChI=1S/C18H24.C2H4/c1-3-5-7-12-17(11-4-2)15-10-16-18-13-8-6-9-14-18;1-2/h1,4,6,8,10-11,15,18H,2,5,7,9,12-14,16H2;1-2H2/b15-10-,17-11-;. The average Bonchev–Trinajstić information content (AvgIpc) is 2.50. The molecule has 20 heavy (non-hydrogen) atoms. The molecular weight excluding hydrogens is 240 g/mol. The van der Waals surface area contributed by atoms with Crippen LogP contribution < -0.4 is 0 Å². The van der Waals surface area contributed by atoms with E-state index in [2.05, 4.69) is 56.0 Å². The number of hydrogen-bond acceptors (Lipinski definition) is 0. The highest BCUT2D eigenvalue weighted by atomic mass is 14.1. The molecule has 0 bridgehead atoms. The molecule has 0 aromatic heterocycles. The third-order valence-corrected chi connectivity index (χ3v) is 3.30. The zero-order chi connectivity index (χ0) is 15.1. The van der Waals surface area contributed by atoms with Gasteiger partial charge in [-0.25, -0.2) is 0 Å². The van der Waals surface area contributed by atoms with Crippen LogP contribution in [0.25, 0.3) is 0 Å². The summed E-state index contributed by atoms with van der Waals surface area (Å²) >= 11 is 0. The summed E-state index contributed by atoms with van der Waals surface area (Å²) < 4.78 is 0. The lowest BCUT2D eigenvalue weighted by molar-refractivity contribution is 0.486. The van der Waals surface area contributed by atoms with Crippen LogP contribution in [-0.4, -0.2) is 0 Å². The molecule has 0 nitrogen and oxygen atoms in total. The van der Waals surface area contributed by atoms with Crippen molar-refractivity contribution in [2.75, 3.05) is 0 Å². The fourth-order valence-corrected chi connectivity index (χ4v) is 2.25. The highest BCUT2D eigenvalue weighted by Gasteiger charge is 2.07. The van der Waals surface area contributed by atoms with Crippen LogP contribution in [0.4, 0.5) is 0 Å². The second-order valence-corrected chi connectivity index (χ2v) is 4.82. The molecule has 0 N–H and O–H groups in total. The van der Waals surface area contributed by atoms with Gasteiger partial charge in [0.2, 0.25) is 0 Å². The smallest absolute Gasteiger partial charge is 0.00892 e. The number of rotatable bonds is 7. The normalized spacial score (nSPS) is 18.1. The Labute approximate surface area is 125 Å². The van der Waals surface area contributed by atoms with E-state index in [1.807, 2.05) is 6.08 Å². The molecule has 108 valence electrons. The number of terminal acetylenes is 1. The molecule has 0 aliphatic heterocycles. The molecule has 0 heterocycles. The molecule has 1 atom stereocenters. The van der Waals surface area contributed by atoms with Gasteiger partial charge in [0.25, 0.3) is 0 Å². The van der Waals surface area contributed by atoms with Crippen molar-refractivity contribution in [3.05, 3.63) is 61.8 Å². The summed E-state index contributed by atoms with van der Waals surface area (Å²) in [6.07, 6.45) is 26.4. The van der Waals surface area contributed by atoms with Gasteiger partial charge in [0.1, 0.15) is 0 Å². The van der Waals surface area contributed by atoms with E-state index >= 15 is 0 Å². The summed E-state index contributed by atoms with van der Waals surface area (Å²) in [5, 5.41) is 0. The lowest BCUT2D eigenvalue weighted by Gasteiger charge is -2.15. The van der Waals surface area contributed by atoms with Gasteiger partial charge in [0.15, 0.2) is 0 Å². The summed E-state index contributed by atoms with van der Waals surface area (Å²) in [4.78, 5) is 0. The van der Waals surface area contributed by atoms with Gasteiger partial charge in [0.05, 0.1) is 0 Å². The van der Waals surface area contributed by atoms with Gasteiger partial charge in [-0.3, -0.25) is 0 Å². The highest BCUT2D eigenvalue weighted by Crippen LogP contribution is 2.22. The quantitative estimate of drug-likeness (QED) is 0.230. The molecule has 0 saturated heterocycles. The second kappa shape index (κ2) is 13.7. The molecule has 1 rings (SSSR count). The second-order valence-electron chi connectivity index (χ2n) is 4.82. The van der Waals surface area contributed by atoms with E-state index < -0.39 is 0 Å². The van der Waals surface area contributed by atoms with Crippen molar-refractivity contribution in [2.45, 2.75) is 44.9 Å². The lowest BCUT2D eigenvalue weighted by Crippen LogP contribution is -2.00. The molecule has 1 aliphatic carbocycles. The average molecular weight is 268 g/mol. The van der Waals surface area contributed by atoms with E-state index in [4.69, 9.17) is 6.42 Å². The Morgan fingerprint density at radius 3 is 2.75 bits per heavy atom. The fourth-order valence-electron chi connectivity index (χ4n) is 2.25. The molecule has 1 unspecified atom stereocenters. The van der Waals surface area contributed by atoms with Gasteiger partial charge in [-0.2, -0.15) is 0 Å². The Bertz CT molecular complexity index is 373. The van der Waals surface area contributed by atoms with E-state index in [9.17, 15) is 0 Å². The van der Waals surface area contributed by atoms with Crippen LogP contribution in [0.2, 0.25) is 0 Å². The Hall–Kier alpha value is -1.74. The Kier molecular flexibility index (Phi) is 12.5. The highest BCUT2D eigenvalue weighted by molar-refractivity contribution is 5.23. The van der Waals surface area contributed by atoms with E-state index in [1.165, 1.54) is 31.3 Å². The van der Waals surface area contributed by atoms with Gasteiger partial charge in [0, 0.05) is 6.42 Å². The van der Waals surface area contributed by atoms with Crippen molar-refractivity contribution in [3.63, 3.8) is 0 Å². The van der Waals surface area contributed by atoms with Gasteiger partial charge >= 0.3 is 0 Å². The third-order valence-electron chi connectivity index (χ3n) is 3.30. The molecule has 0 spiro atoms. The molecule has 0 aromatic carbocycles. The van der Waals surface area contributed by atoms with Crippen molar-refractivity contribution < 1.29 is 0 Å². The topological polar surface area (TPSA) is 0 Å². The van der Waals surface area contributed by atoms with E-state index in [0.29, 0.717) is 0 Å². The minimum Gasteiger partial charge on any atom is -0.120 e. The van der Waals surface area contributed by atoms with Crippen LogP contribution in [0, 0.1) is 18.3 Å². The Morgan fingerprint density at radius 1 is 1.35 bits per heavy atom. The summed E-state index contributed by atoms with van der Waals surface area (Å²) in [5.74, 6) is 3.52. The van der Waals surface area contributed by atoms with Crippen LogP contribution in [-0.2, 0) is 0 Å². The summed E-state index contributed by atoms with van der Waals surface area (Å²) in [7, 11) is 0. The van der Waals surface area contributed by atoms with Gasteiger partial charge in [-0.1, -0.05) is 43.0 Å². The van der Waals surface area contributed by atoms with Crippen molar-refractivity contribution >= 4 is 0 Å². The molecular formula is C20H28. The van der Waals surface area contributed by atoms with Gasteiger partial charge in [-0.05, 0) is 50.0 Å². The molecule has 0 fully saturated rings. The van der Waals surface area contributed by atoms with Gasteiger partial charge < -0.3 is 0 Å². The first-order valence-electron chi connectivity index (χ1n) is 7.43. The van der Waals surface area contributed by atoms with Crippen molar-refractivity contribution in [1.29, 1.82) is 0 Å². The van der Waals surface area contributed by atoms with E-state index in [-0.39, 0.29) is 0 Å². The third kappa shape index (κ3) is 9.22. The molecule has 0 radical (unpaired) electrons. The SMILES string of the molecule is C#CCCCC(/C=C\CC1CC=CCC1)=C/C=C.C=C. The zero-order valence-corrected chi connectivity index (χ0v) is 12.7. The minimum absolute atomic E-state index is 0.835. The number of hydrogen-bond donors (Lipinski definition) is 0. The maximum Gasteiger partial charge on any atom is 0.00892 e. The zero-order valence-electron chi connectivity index (χ0n) is 12.7. The van der Waals surface area contributed by atoms with Crippen LogP contribution in [0.3, 0.4) is 0 Å². The van der Waals surface area contributed by atoms with Crippen LogP contribution in [0.5, 0.6) is 0 Å². The van der Waals surface area contributed by atoms with E-state index in [0.717, 1.165) is 25.2 Å². The molecule has 0 aromatic rings. The predicted molar refractivity (Wildman–Crippen MR) is 92.5 cm³/mol.